The van der Waals surface area contributed by atoms with Crippen molar-refractivity contribution in [2.24, 2.45) is 4.36 Å². The van der Waals surface area contributed by atoms with Crippen molar-refractivity contribution < 1.29 is 9.00 Å². The van der Waals surface area contributed by atoms with Crippen molar-refractivity contribution in [1.29, 1.82) is 0 Å². The summed E-state index contributed by atoms with van der Waals surface area (Å²) in [6.45, 7) is 0. The van der Waals surface area contributed by atoms with Crippen LogP contribution in [0.4, 0.5) is 0 Å². The molecule has 0 saturated carbocycles. The number of carbonyl (C=O) groups excluding carboxylic acids is 1. The van der Waals surface area contributed by atoms with E-state index in [0.717, 1.165) is 0 Å². The second-order valence-electron chi connectivity index (χ2n) is 3.90. The SMILES string of the molecule is CS(=O)(=NC(=O)c1cncc(Br)c1)c1ccccc1. The van der Waals surface area contributed by atoms with Crippen molar-refractivity contribution in [1.82, 2.24) is 4.98 Å². The average molecular weight is 339 g/mol. The smallest absolute Gasteiger partial charge is 0.266 e. The third-order valence-electron chi connectivity index (χ3n) is 2.39. The molecule has 1 aromatic heterocycles. The summed E-state index contributed by atoms with van der Waals surface area (Å²) in [5.74, 6) is -0.537. The molecule has 1 unspecified atom stereocenters. The summed E-state index contributed by atoms with van der Waals surface area (Å²) in [6.07, 6.45) is 4.42. The Morgan fingerprint density at radius 1 is 1.26 bits per heavy atom. The monoisotopic (exact) mass is 338 g/mol. The van der Waals surface area contributed by atoms with E-state index in [1.54, 1.807) is 36.5 Å². The number of rotatable bonds is 2. The number of amides is 1. The molecule has 19 heavy (non-hydrogen) atoms. The van der Waals surface area contributed by atoms with Gasteiger partial charge in [-0.1, -0.05) is 18.2 Å². The molecule has 0 spiro atoms. The van der Waals surface area contributed by atoms with E-state index < -0.39 is 15.6 Å². The summed E-state index contributed by atoms with van der Waals surface area (Å²) in [5.41, 5.74) is 0.305. The molecule has 0 aliphatic carbocycles. The van der Waals surface area contributed by atoms with E-state index >= 15 is 0 Å². The summed E-state index contributed by atoms with van der Waals surface area (Å²) >= 11 is 3.23. The van der Waals surface area contributed by atoms with Gasteiger partial charge in [0.2, 0.25) is 0 Å². The molecule has 1 heterocycles. The lowest BCUT2D eigenvalue weighted by molar-refractivity contribution is 0.100. The number of benzene rings is 1. The first-order valence-corrected chi connectivity index (χ1v) is 8.13. The van der Waals surface area contributed by atoms with Crippen LogP contribution in [0.25, 0.3) is 0 Å². The largest absolute Gasteiger partial charge is 0.286 e. The highest BCUT2D eigenvalue weighted by atomic mass is 79.9. The Morgan fingerprint density at radius 2 is 1.95 bits per heavy atom. The zero-order chi connectivity index (χ0) is 13.9. The third kappa shape index (κ3) is 3.48. The summed E-state index contributed by atoms with van der Waals surface area (Å²) in [4.78, 5) is 16.4. The van der Waals surface area contributed by atoms with Crippen molar-refractivity contribution >= 4 is 31.6 Å². The molecule has 6 heteroatoms. The second-order valence-corrected chi connectivity index (χ2v) is 7.08. The van der Waals surface area contributed by atoms with Crippen LogP contribution < -0.4 is 0 Å². The normalized spacial score (nSPS) is 13.6. The third-order valence-corrected chi connectivity index (χ3v) is 4.48. The number of hydrogen-bond acceptors (Lipinski definition) is 3. The zero-order valence-corrected chi connectivity index (χ0v) is 12.5. The topological polar surface area (TPSA) is 59.4 Å². The molecule has 98 valence electrons. The highest BCUT2D eigenvalue weighted by Gasteiger charge is 2.11. The van der Waals surface area contributed by atoms with Gasteiger partial charge in [-0.2, -0.15) is 4.36 Å². The molecule has 0 aliphatic rings. The van der Waals surface area contributed by atoms with Crippen LogP contribution in [-0.2, 0) is 9.73 Å². The second kappa shape index (κ2) is 5.63. The van der Waals surface area contributed by atoms with E-state index in [9.17, 15) is 9.00 Å². The predicted octanol–water partition coefficient (Wildman–Crippen LogP) is 3.14. The zero-order valence-electron chi connectivity index (χ0n) is 10.1. The van der Waals surface area contributed by atoms with Gasteiger partial charge in [-0.15, -0.1) is 0 Å². The quantitative estimate of drug-likeness (QED) is 0.845. The minimum Gasteiger partial charge on any atom is -0.266 e. The number of hydrogen-bond donors (Lipinski definition) is 0. The molecule has 2 rings (SSSR count). The van der Waals surface area contributed by atoms with Gasteiger partial charge in [0.05, 0.1) is 15.3 Å². The summed E-state index contributed by atoms with van der Waals surface area (Å²) in [6, 6.07) is 10.3. The van der Waals surface area contributed by atoms with Crippen LogP contribution in [0.2, 0.25) is 0 Å². The number of pyridine rings is 1. The predicted molar refractivity (Wildman–Crippen MR) is 77.5 cm³/mol. The van der Waals surface area contributed by atoms with Gasteiger partial charge in [-0.25, -0.2) is 4.21 Å². The fourth-order valence-electron chi connectivity index (χ4n) is 1.47. The maximum absolute atomic E-state index is 12.4. The number of carbonyl (C=O) groups is 1. The first-order valence-electron chi connectivity index (χ1n) is 5.41. The van der Waals surface area contributed by atoms with Gasteiger partial charge in [0.15, 0.2) is 0 Å². The first kappa shape index (κ1) is 13.9. The van der Waals surface area contributed by atoms with Gasteiger partial charge in [0, 0.05) is 28.0 Å². The van der Waals surface area contributed by atoms with Crippen molar-refractivity contribution in [3.8, 4) is 0 Å². The molecule has 1 atom stereocenters. The molecule has 4 nitrogen and oxygen atoms in total. The fraction of sp³-hybridized carbons (Fsp3) is 0.0769. The van der Waals surface area contributed by atoms with E-state index in [0.29, 0.717) is 14.9 Å². The lowest BCUT2D eigenvalue weighted by Crippen LogP contribution is -2.04. The molecular formula is C13H11BrN2O2S. The summed E-state index contributed by atoms with van der Waals surface area (Å²) < 4.78 is 16.9. The Morgan fingerprint density at radius 3 is 2.58 bits per heavy atom. The fourth-order valence-corrected chi connectivity index (χ4v) is 3.02. The van der Waals surface area contributed by atoms with Crippen LogP contribution in [0.5, 0.6) is 0 Å². The Labute approximate surface area is 120 Å². The van der Waals surface area contributed by atoms with Crippen LogP contribution in [-0.4, -0.2) is 21.4 Å². The minimum atomic E-state index is -2.74. The lowest BCUT2D eigenvalue weighted by atomic mass is 10.3. The van der Waals surface area contributed by atoms with Gasteiger partial charge < -0.3 is 0 Å². The summed E-state index contributed by atoms with van der Waals surface area (Å²) in [5, 5.41) is 0. The van der Waals surface area contributed by atoms with E-state index in [4.69, 9.17) is 0 Å². The Kier molecular flexibility index (Phi) is 4.11. The minimum absolute atomic E-state index is 0.305. The van der Waals surface area contributed by atoms with Crippen LogP contribution >= 0.6 is 15.9 Å². The van der Waals surface area contributed by atoms with Crippen molar-refractivity contribution in [2.75, 3.05) is 6.26 Å². The molecule has 1 amide bonds. The molecule has 0 bridgehead atoms. The molecular weight excluding hydrogens is 328 g/mol. The van der Waals surface area contributed by atoms with E-state index in [-0.39, 0.29) is 0 Å². The molecule has 0 radical (unpaired) electrons. The Balaban J connectivity index is 2.41. The molecule has 1 aromatic carbocycles. The van der Waals surface area contributed by atoms with E-state index in [1.165, 1.54) is 12.5 Å². The van der Waals surface area contributed by atoms with Gasteiger partial charge >= 0.3 is 0 Å². The number of halogens is 1. The van der Waals surface area contributed by atoms with Crippen LogP contribution in [0.3, 0.4) is 0 Å². The average Bonchev–Trinajstić information content (AvgIpc) is 2.39. The van der Waals surface area contributed by atoms with Gasteiger partial charge in [-0.05, 0) is 34.1 Å². The van der Waals surface area contributed by atoms with E-state index in [2.05, 4.69) is 25.3 Å². The van der Waals surface area contributed by atoms with Crippen molar-refractivity contribution in [3.05, 3.63) is 58.8 Å². The van der Waals surface area contributed by atoms with Gasteiger partial charge in [0.1, 0.15) is 0 Å². The van der Waals surface area contributed by atoms with Gasteiger partial charge in [0.25, 0.3) is 5.91 Å². The van der Waals surface area contributed by atoms with Crippen LogP contribution in [0.15, 0.2) is 62.5 Å². The number of nitrogens with zero attached hydrogens (tertiary/aromatic N) is 2. The maximum Gasteiger partial charge on any atom is 0.286 e. The number of aromatic nitrogens is 1. The Bertz CT molecular complexity index is 722. The molecule has 0 saturated heterocycles. The van der Waals surface area contributed by atoms with E-state index in [1.807, 2.05) is 6.07 Å². The molecule has 2 aromatic rings. The Hall–Kier alpha value is -1.53. The highest BCUT2D eigenvalue weighted by molar-refractivity contribution is 9.10. The summed E-state index contributed by atoms with van der Waals surface area (Å²) in [7, 11) is -2.74. The maximum atomic E-state index is 12.4. The van der Waals surface area contributed by atoms with Crippen LogP contribution in [0, 0.1) is 0 Å². The standard InChI is InChI=1S/C13H11BrN2O2S/c1-19(18,12-5-3-2-4-6-12)16-13(17)10-7-11(14)9-15-8-10/h2-9H,1H3. The molecule has 0 aliphatic heterocycles. The van der Waals surface area contributed by atoms with Crippen molar-refractivity contribution in [3.63, 3.8) is 0 Å². The van der Waals surface area contributed by atoms with Crippen molar-refractivity contribution in [2.45, 2.75) is 4.90 Å². The molecule has 0 fully saturated rings. The lowest BCUT2D eigenvalue weighted by Gasteiger charge is -2.03. The van der Waals surface area contributed by atoms with Gasteiger partial charge in [-0.3, -0.25) is 9.78 Å². The first-order chi connectivity index (χ1) is 8.99. The molecule has 0 N–H and O–H groups in total. The van der Waals surface area contributed by atoms with Crippen LogP contribution in [0.1, 0.15) is 10.4 Å². The highest BCUT2D eigenvalue weighted by Crippen LogP contribution is 2.14.